The van der Waals surface area contributed by atoms with Crippen molar-refractivity contribution in [3.63, 3.8) is 0 Å². The van der Waals surface area contributed by atoms with E-state index in [4.69, 9.17) is 0 Å². The minimum absolute atomic E-state index is 0.0428. The highest BCUT2D eigenvalue weighted by molar-refractivity contribution is 5.28. The predicted molar refractivity (Wildman–Crippen MR) is 71.1 cm³/mol. The molecule has 6 heteroatoms. The Bertz CT molecular complexity index is 507. The lowest BCUT2D eigenvalue weighted by molar-refractivity contribution is -0.140. The first-order valence-corrected chi connectivity index (χ1v) is 6.88. The van der Waals surface area contributed by atoms with Crippen molar-refractivity contribution >= 4 is 0 Å². The number of aliphatic hydroxyl groups is 1. The van der Waals surface area contributed by atoms with Crippen molar-refractivity contribution in [3.05, 3.63) is 35.1 Å². The number of likely N-dealkylation sites (tertiary alicyclic amines) is 1. The maximum atomic E-state index is 14.0. The van der Waals surface area contributed by atoms with E-state index in [0.29, 0.717) is 13.1 Å². The van der Waals surface area contributed by atoms with Crippen LogP contribution in [0.4, 0.5) is 17.6 Å². The molecule has 1 fully saturated rings. The van der Waals surface area contributed by atoms with Gasteiger partial charge in [0.15, 0.2) is 0 Å². The second-order valence-electron chi connectivity index (χ2n) is 6.15. The summed E-state index contributed by atoms with van der Waals surface area (Å²) < 4.78 is 52.0. The van der Waals surface area contributed by atoms with Crippen LogP contribution in [0.15, 0.2) is 18.2 Å². The summed E-state index contributed by atoms with van der Waals surface area (Å²) in [6, 6.07) is 3.36. The van der Waals surface area contributed by atoms with E-state index in [0.717, 1.165) is 12.5 Å². The van der Waals surface area contributed by atoms with Crippen LogP contribution in [-0.4, -0.2) is 28.7 Å². The highest BCUT2D eigenvalue weighted by atomic mass is 19.4. The Labute approximate surface area is 121 Å². The van der Waals surface area contributed by atoms with Gasteiger partial charge in [0.05, 0.1) is 11.2 Å². The Hall–Kier alpha value is -1.14. The van der Waals surface area contributed by atoms with E-state index < -0.39 is 23.2 Å². The van der Waals surface area contributed by atoms with Crippen LogP contribution < -0.4 is 0 Å². The molecule has 0 aromatic heterocycles. The maximum absolute atomic E-state index is 14.0. The molecule has 0 radical (unpaired) electrons. The molecule has 1 aromatic rings. The zero-order valence-electron chi connectivity index (χ0n) is 12.0. The maximum Gasteiger partial charge on any atom is 0.419 e. The first-order chi connectivity index (χ1) is 9.59. The van der Waals surface area contributed by atoms with E-state index >= 15 is 0 Å². The van der Waals surface area contributed by atoms with Gasteiger partial charge in [-0.25, -0.2) is 4.39 Å². The summed E-state index contributed by atoms with van der Waals surface area (Å²) in [6.07, 6.45) is -3.93. The zero-order valence-corrected chi connectivity index (χ0v) is 12.0. The van der Waals surface area contributed by atoms with Crippen LogP contribution in [0, 0.1) is 11.7 Å². The summed E-state index contributed by atoms with van der Waals surface area (Å²) in [5.41, 5.74) is -2.01. The first kappa shape index (κ1) is 16.2. The number of hydrogen-bond acceptors (Lipinski definition) is 2. The summed E-state index contributed by atoms with van der Waals surface area (Å²) in [5, 5.41) is 9.96. The number of nitrogens with zero attached hydrogens (tertiary/aromatic N) is 1. The molecule has 0 bridgehead atoms. The number of halogens is 4. The fraction of sp³-hybridized carbons (Fsp3) is 0.600. The smallest absolute Gasteiger partial charge is 0.390 e. The van der Waals surface area contributed by atoms with Crippen molar-refractivity contribution in [3.8, 4) is 0 Å². The Morgan fingerprint density at radius 3 is 2.48 bits per heavy atom. The molecule has 1 atom stereocenters. The quantitative estimate of drug-likeness (QED) is 0.865. The largest absolute Gasteiger partial charge is 0.419 e. The van der Waals surface area contributed by atoms with E-state index in [1.807, 2.05) is 4.90 Å². The molecule has 0 unspecified atom stereocenters. The monoisotopic (exact) mass is 305 g/mol. The van der Waals surface area contributed by atoms with E-state index in [1.54, 1.807) is 13.8 Å². The molecule has 1 N–H and O–H groups in total. The fourth-order valence-corrected chi connectivity index (χ4v) is 2.71. The molecule has 1 heterocycles. The standard InChI is InChI=1S/C15H19F4NO/c1-14(2,21)11-6-7-20(9-11)8-10-4-3-5-12(13(10)16)15(17,18)19/h3-5,11,21H,6-9H2,1-2H3/t11-/m1/s1. The highest BCUT2D eigenvalue weighted by Crippen LogP contribution is 2.33. The molecule has 2 nitrogen and oxygen atoms in total. The van der Waals surface area contributed by atoms with Crippen LogP contribution in [0.3, 0.4) is 0 Å². The van der Waals surface area contributed by atoms with Crippen LogP contribution in [0.5, 0.6) is 0 Å². The van der Waals surface area contributed by atoms with Gasteiger partial charge in [0.2, 0.25) is 0 Å². The second-order valence-corrected chi connectivity index (χ2v) is 6.15. The SMILES string of the molecule is CC(C)(O)[C@@H]1CCN(Cc2cccc(C(F)(F)F)c2F)C1. The third kappa shape index (κ3) is 3.74. The molecule has 0 saturated carbocycles. The summed E-state index contributed by atoms with van der Waals surface area (Å²) in [6.45, 7) is 4.75. The average molecular weight is 305 g/mol. The highest BCUT2D eigenvalue weighted by Gasteiger charge is 2.36. The lowest BCUT2D eigenvalue weighted by atomic mass is 9.90. The van der Waals surface area contributed by atoms with Gasteiger partial charge in [-0.05, 0) is 32.9 Å². The van der Waals surface area contributed by atoms with Crippen LogP contribution in [0.25, 0.3) is 0 Å². The van der Waals surface area contributed by atoms with Gasteiger partial charge in [0, 0.05) is 24.6 Å². The topological polar surface area (TPSA) is 23.5 Å². The zero-order chi connectivity index (χ0) is 15.8. The molecule has 0 amide bonds. The van der Waals surface area contributed by atoms with Crippen LogP contribution in [-0.2, 0) is 12.7 Å². The van der Waals surface area contributed by atoms with Crippen LogP contribution in [0.2, 0.25) is 0 Å². The lowest BCUT2D eigenvalue weighted by Gasteiger charge is -2.25. The average Bonchev–Trinajstić information content (AvgIpc) is 2.78. The predicted octanol–water partition coefficient (Wildman–Crippen LogP) is 3.44. The van der Waals surface area contributed by atoms with Crippen LogP contribution >= 0.6 is 0 Å². The lowest BCUT2D eigenvalue weighted by Crippen LogP contribution is -2.33. The number of rotatable bonds is 3. The minimum atomic E-state index is -4.68. The Kier molecular flexibility index (Phi) is 4.31. The van der Waals surface area contributed by atoms with Crippen molar-refractivity contribution < 1.29 is 22.7 Å². The molecule has 1 aliphatic rings. The molecule has 1 saturated heterocycles. The van der Waals surface area contributed by atoms with E-state index in [2.05, 4.69) is 0 Å². The van der Waals surface area contributed by atoms with Crippen molar-refractivity contribution in [1.29, 1.82) is 0 Å². The Balaban J connectivity index is 2.12. The molecule has 0 spiro atoms. The van der Waals surface area contributed by atoms with Crippen molar-refractivity contribution in [2.75, 3.05) is 13.1 Å². The van der Waals surface area contributed by atoms with Gasteiger partial charge in [0.25, 0.3) is 0 Å². The summed E-state index contributed by atoms with van der Waals surface area (Å²) in [5.74, 6) is -1.15. The molecule has 21 heavy (non-hydrogen) atoms. The molecular formula is C15H19F4NO. The van der Waals surface area contributed by atoms with Crippen molar-refractivity contribution in [2.45, 2.75) is 38.6 Å². The molecule has 1 aliphatic heterocycles. The van der Waals surface area contributed by atoms with Gasteiger partial charge < -0.3 is 5.11 Å². The van der Waals surface area contributed by atoms with E-state index in [1.165, 1.54) is 12.1 Å². The van der Waals surface area contributed by atoms with Gasteiger partial charge in [-0.1, -0.05) is 12.1 Å². The molecule has 1 aromatic carbocycles. The summed E-state index contributed by atoms with van der Waals surface area (Å²) >= 11 is 0. The number of hydrogen-bond donors (Lipinski definition) is 1. The van der Waals surface area contributed by atoms with Crippen molar-refractivity contribution in [2.24, 2.45) is 5.92 Å². The summed E-state index contributed by atoms with van der Waals surface area (Å²) in [7, 11) is 0. The normalized spacial score (nSPS) is 21.0. The number of alkyl halides is 3. The van der Waals surface area contributed by atoms with Gasteiger partial charge in [-0.15, -0.1) is 0 Å². The van der Waals surface area contributed by atoms with E-state index in [9.17, 15) is 22.7 Å². The third-order valence-corrected chi connectivity index (χ3v) is 4.05. The van der Waals surface area contributed by atoms with Gasteiger partial charge in [0.1, 0.15) is 5.82 Å². The van der Waals surface area contributed by atoms with Gasteiger partial charge in [-0.3, -0.25) is 4.90 Å². The fourth-order valence-electron chi connectivity index (χ4n) is 2.71. The Morgan fingerprint density at radius 1 is 1.29 bits per heavy atom. The molecule has 0 aliphatic carbocycles. The van der Waals surface area contributed by atoms with Crippen LogP contribution in [0.1, 0.15) is 31.4 Å². The second kappa shape index (κ2) is 5.57. The van der Waals surface area contributed by atoms with E-state index in [-0.39, 0.29) is 18.0 Å². The molecular weight excluding hydrogens is 286 g/mol. The Morgan fingerprint density at radius 2 is 1.95 bits per heavy atom. The molecule has 118 valence electrons. The van der Waals surface area contributed by atoms with Gasteiger partial charge >= 0.3 is 6.18 Å². The van der Waals surface area contributed by atoms with Crippen molar-refractivity contribution in [1.82, 2.24) is 4.90 Å². The third-order valence-electron chi connectivity index (χ3n) is 4.05. The minimum Gasteiger partial charge on any atom is -0.390 e. The number of benzene rings is 1. The molecule has 2 rings (SSSR count). The summed E-state index contributed by atoms with van der Waals surface area (Å²) in [4.78, 5) is 1.88. The van der Waals surface area contributed by atoms with Gasteiger partial charge in [-0.2, -0.15) is 13.2 Å². The first-order valence-electron chi connectivity index (χ1n) is 6.88.